The van der Waals surface area contributed by atoms with Crippen molar-refractivity contribution in [3.63, 3.8) is 0 Å². The fraction of sp³-hybridized carbons (Fsp3) is 0.364. The molecule has 1 aromatic carbocycles. The number of nitrogens with zero attached hydrogens (tertiary/aromatic N) is 3. The molecule has 1 aliphatic rings. The third kappa shape index (κ3) is 3.60. The number of benzene rings is 1. The van der Waals surface area contributed by atoms with Gasteiger partial charge < -0.3 is 5.32 Å². The molecule has 3 aromatic rings. The maximum Gasteiger partial charge on any atom is 0.269 e. The van der Waals surface area contributed by atoms with Gasteiger partial charge in [0.15, 0.2) is 5.78 Å². The Kier molecular flexibility index (Phi) is 4.61. The molecular formula is C22H25N5O2. The van der Waals surface area contributed by atoms with Crippen LogP contribution < -0.4 is 5.32 Å². The van der Waals surface area contributed by atoms with E-state index in [1.54, 1.807) is 0 Å². The van der Waals surface area contributed by atoms with E-state index in [0.29, 0.717) is 0 Å². The van der Waals surface area contributed by atoms with Crippen molar-refractivity contribution in [2.45, 2.75) is 46.6 Å². The normalized spacial score (nSPS) is 17.6. The molecule has 0 saturated heterocycles. The summed E-state index contributed by atoms with van der Waals surface area (Å²) in [7, 11) is 0. The quantitative estimate of drug-likeness (QED) is 0.665. The molecule has 1 amide bonds. The van der Waals surface area contributed by atoms with Gasteiger partial charge in [-0.2, -0.15) is 10.2 Å². The van der Waals surface area contributed by atoms with E-state index in [1.165, 1.54) is 13.0 Å². The van der Waals surface area contributed by atoms with Crippen molar-refractivity contribution in [2.24, 2.45) is 5.41 Å². The fourth-order valence-corrected chi connectivity index (χ4v) is 4.03. The van der Waals surface area contributed by atoms with E-state index >= 15 is 0 Å². The average Bonchev–Trinajstić information content (AvgIpc) is 3.29. The number of Topliss-reactive ketones (excluding diaryl/α,β-unsaturated/α-hetero) is 1. The number of aromatic nitrogens is 4. The standard InChI is InChI=1S/C22H25N5O2/c1-13-7-5-6-8-19(13)27-20-11-22(3,4)10-18(15(20)12-23-27)24-21(29)17-9-16(14(2)28)25-26-17/h5-9,12,18H,10-11H2,1-4H3,(H,24,29)(H,25,26)/t18-/m0/s1. The van der Waals surface area contributed by atoms with Crippen LogP contribution in [0.4, 0.5) is 0 Å². The van der Waals surface area contributed by atoms with Crippen LogP contribution in [0.5, 0.6) is 0 Å². The molecule has 2 heterocycles. The molecule has 0 aliphatic heterocycles. The van der Waals surface area contributed by atoms with Crippen LogP contribution in [0.3, 0.4) is 0 Å². The van der Waals surface area contributed by atoms with E-state index in [2.05, 4.69) is 53.5 Å². The summed E-state index contributed by atoms with van der Waals surface area (Å²) < 4.78 is 1.99. The second-order valence-electron chi connectivity index (χ2n) is 8.54. The Labute approximate surface area is 169 Å². The Morgan fingerprint density at radius 2 is 2.03 bits per heavy atom. The molecule has 7 heteroatoms. The van der Waals surface area contributed by atoms with Crippen molar-refractivity contribution >= 4 is 11.7 Å². The Bertz CT molecular complexity index is 1090. The van der Waals surface area contributed by atoms with E-state index in [-0.39, 0.29) is 34.5 Å². The van der Waals surface area contributed by atoms with Crippen molar-refractivity contribution in [3.05, 3.63) is 64.7 Å². The number of para-hydroxylation sites is 1. The SMILES string of the molecule is CC(=O)c1cc(C(=O)N[C@H]2CC(C)(C)Cc3c2cnn3-c2ccccc2C)[nH]n1. The van der Waals surface area contributed by atoms with Crippen molar-refractivity contribution in [1.82, 2.24) is 25.3 Å². The van der Waals surface area contributed by atoms with Crippen LogP contribution in [0, 0.1) is 12.3 Å². The highest BCUT2D eigenvalue weighted by Gasteiger charge is 2.36. The van der Waals surface area contributed by atoms with E-state index in [1.807, 2.05) is 23.0 Å². The second kappa shape index (κ2) is 6.99. The van der Waals surface area contributed by atoms with Crippen LogP contribution in [0.15, 0.2) is 36.5 Å². The van der Waals surface area contributed by atoms with Crippen molar-refractivity contribution in [1.29, 1.82) is 0 Å². The minimum absolute atomic E-state index is 0.00391. The summed E-state index contributed by atoms with van der Waals surface area (Å²) in [5, 5.41) is 14.3. The van der Waals surface area contributed by atoms with Crippen molar-refractivity contribution in [3.8, 4) is 5.69 Å². The molecule has 150 valence electrons. The molecule has 0 spiro atoms. The Morgan fingerprint density at radius 3 is 2.72 bits per heavy atom. The zero-order chi connectivity index (χ0) is 20.8. The lowest BCUT2D eigenvalue weighted by atomic mass is 9.74. The predicted molar refractivity (Wildman–Crippen MR) is 109 cm³/mol. The highest BCUT2D eigenvalue weighted by molar-refractivity contribution is 5.97. The Balaban J connectivity index is 1.67. The number of ketones is 1. The van der Waals surface area contributed by atoms with Gasteiger partial charge in [0, 0.05) is 12.5 Å². The van der Waals surface area contributed by atoms with Crippen LogP contribution in [-0.4, -0.2) is 31.7 Å². The van der Waals surface area contributed by atoms with Gasteiger partial charge in [-0.1, -0.05) is 32.0 Å². The summed E-state index contributed by atoms with van der Waals surface area (Å²) in [6.45, 7) is 7.90. The largest absolute Gasteiger partial charge is 0.344 e. The highest BCUT2D eigenvalue weighted by atomic mass is 16.2. The maximum absolute atomic E-state index is 12.8. The molecule has 29 heavy (non-hydrogen) atoms. The molecule has 1 aliphatic carbocycles. The lowest BCUT2D eigenvalue weighted by molar-refractivity contribution is 0.0913. The average molecular weight is 391 g/mol. The molecular weight excluding hydrogens is 366 g/mol. The van der Waals surface area contributed by atoms with Crippen LogP contribution in [0.2, 0.25) is 0 Å². The summed E-state index contributed by atoms with van der Waals surface area (Å²) in [5.74, 6) is -0.455. The van der Waals surface area contributed by atoms with Crippen LogP contribution in [-0.2, 0) is 6.42 Å². The van der Waals surface area contributed by atoms with Gasteiger partial charge in [0.05, 0.1) is 23.6 Å². The number of hydrogen-bond acceptors (Lipinski definition) is 4. The zero-order valence-corrected chi connectivity index (χ0v) is 17.1. The second-order valence-corrected chi connectivity index (χ2v) is 8.54. The first-order valence-corrected chi connectivity index (χ1v) is 9.75. The number of aromatic amines is 1. The predicted octanol–water partition coefficient (Wildman–Crippen LogP) is 3.55. The highest BCUT2D eigenvalue weighted by Crippen LogP contribution is 2.41. The number of carbonyl (C=O) groups is 2. The topological polar surface area (TPSA) is 92.7 Å². The number of amides is 1. The Hall–Kier alpha value is -3.22. The smallest absolute Gasteiger partial charge is 0.269 e. The molecule has 0 saturated carbocycles. The first-order chi connectivity index (χ1) is 13.7. The zero-order valence-electron chi connectivity index (χ0n) is 17.1. The number of hydrogen-bond donors (Lipinski definition) is 2. The number of carbonyl (C=O) groups excluding carboxylic acids is 2. The van der Waals surface area contributed by atoms with Gasteiger partial charge in [-0.05, 0) is 42.9 Å². The number of fused-ring (bicyclic) bond motifs is 1. The van der Waals surface area contributed by atoms with Gasteiger partial charge in [0.1, 0.15) is 11.4 Å². The number of aryl methyl sites for hydroxylation is 1. The molecule has 2 aromatic heterocycles. The van der Waals surface area contributed by atoms with Crippen LogP contribution >= 0.6 is 0 Å². The third-order valence-corrected chi connectivity index (χ3v) is 5.51. The molecule has 0 radical (unpaired) electrons. The van der Waals surface area contributed by atoms with Gasteiger partial charge in [0.25, 0.3) is 5.91 Å². The molecule has 2 N–H and O–H groups in total. The summed E-state index contributed by atoms with van der Waals surface area (Å²) in [6, 6.07) is 9.48. The third-order valence-electron chi connectivity index (χ3n) is 5.51. The van der Waals surface area contributed by atoms with Gasteiger partial charge in [-0.25, -0.2) is 4.68 Å². The lowest BCUT2D eigenvalue weighted by Crippen LogP contribution is -2.37. The summed E-state index contributed by atoms with van der Waals surface area (Å²) >= 11 is 0. The van der Waals surface area contributed by atoms with Gasteiger partial charge in [-0.3, -0.25) is 14.7 Å². The first-order valence-electron chi connectivity index (χ1n) is 9.75. The summed E-state index contributed by atoms with van der Waals surface area (Å²) in [5.41, 5.74) is 4.90. The fourth-order valence-electron chi connectivity index (χ4n) is 4.03. The number of rotatable bonds is 4. The monoisotopic (exact) mass is 391 g/mol. The molecule has 0 fully saturated rings. The minimum Gasteiger partial charge on any atom is -0.344 e. The van der Waals surface area contributed by atoms with Crippen molar-refractivity contribution < 1.29 is 9.59 Å². The summed E-state index contributed by atoms with van der Waals surface area (Å²) in [4.78, 5) is 24.2. The van der Waals surface area contributed by atoms with Crippen molar-refractivity contribution in [2.75, 3.05) is 0 Å². The molecule has 1 atom stereocenters. The molecule has 0 unspecified atom stereocenters. The van der Waals surface area contributed by atoms with E-state index in [0.717, 1.165) is 35.3 Å². The molecule has 7 nitrogen and oxygen atoms in total. The van der Waals surface area contributed by atoms with Gasteiger partial charge in [-0.15, -0.1) is 0 Å². The maximum atomic E-state index is 12.8. The minimum atomic E-state index is -0.276. The number of nitrogens with one attached hydrogen (secondary N) is 2. The first kappa shape index (κ1) is 19.1. The summed E-state index contributed by atoms with van der Waals surface area (Å²) in [6.07, 6.45) is 3.54. The van der Waals surface area contributed by atoms with E-state index in [4.69, 9.17) is 0 Å². The van der Waals surface area contributed by atoms with Crippen LogP contribution in [0.1, 0.15) is 71.0 Å². The van der Waals surface area contributed by atoms with E-state index in [9.17, 15) is 9.59 Å². The molecule has 4 rings (SSSR count). The van der Waals surface area contributed by atoms with Crippen LogP contribution in [0.25, 0.3) is 5.69 Å². The Morgan fingerprint density at radius 1 is 1.28 bits per heavy atom. The van der Waals surface area contributed by atoms with E-state index < -0.39 is 0 Å². The lowest BCUT2D eigenvalue weighted by Gasteiger charge is -2.36. The number of H-pyrrole nitrogens is 1. The molecule has 0 bridgehead atoms. The van der Waals surface area contributed by atoms with Gasteiger partial charge in [0.2, 0.25) is 0 Å². The van der Waals surface area contributed by atoms with Gasteiger partial charge >= 0.3 is 0 Å².